The fraction of sp³-hybridized carbons (Fsp3) is 0.545. The molecular formula is C11H14Cl2O2. The molecule has 0 bridgehead atoms. The van der Waals surface area contributed by atoms with E-state index in [0.717, 1.165) is 0 Å². The number of carbonyl (C=O) groups excluding carboxylic acids is 1. The Morgan fingerprint density at radius 2 is 1.80 bits per heavy atom. The molecule has 0 heterocycles. The highest BCUT2D eigenvalue weighted by Gasteiger charge is 2.29. The first-order valence-corrected chi connectivity index (χ1v) is 5.55. The van der Waals surface area contributed by atoms with E-state index in [1.165, 1.54) is 0 Å². The summed E-state index contributed by atoms with van der Waals surface area (Å²) in [4.78, 5) is 11.3. The lowest BCUT2D eigenvalue weighted by atomic mass is 9.99. The van der Waals surface area contributed by atoms with Gasteiger partial charge in [-0.1, -0.05) is 37.0 Å². The number of rotatable bonds is 3. The summed E-state index contributed by atoms with van der Waals surface area (Å²) in [5.74, 6) is 0.0720. The molecule has 0 aromatic carbocycles. The Bertz CT molecular complexity index is 307. The summed E-state index contributed by atoms with van der Waals surface area (Å²) < 4.78 is 5.65. The number of hydrogen-bond acceptors (Lipinski definition) is 2. The molecular weight excluding hydrogens is 235 g/mol. The summed E-state index contributed by atoms with van der Waals surface area (Å²) in [5.41, 5.74) is -0.674. The molecule has 0 fully saturated rings. The summed E-state index contributed by atoms with van der Waals surface area (Å²) in [5, 5.41) is 0.238. The Kier molecular flexibility index (Phi) is 3.99. The van der Waals surface area contributed by atoms with Gasteiger partial charge in [-0.3, -0.25) is 4.79 Å². The van der Waals surface area contributed by atoms with E-state index in [9.17, 15) is 4.79 Å². The molecule has 0 radical (unpaired) electrons. The molecule has 2 nitrogen and oxygen atoms in total. The SMILES string of the molecule is CC(C)COC1(C)C=C(Cl)C(=O)C(Cl)=C1. The van der Waals surface area contributed by atoms with Gasteiger partial charge in [-0.05, 0) is 25.0 Å². The second-order valence-electron chi connectivity index (χ2n) is 4.20. The molecule has 0 N–H and O–H groups in total. The summed E-state index contributed by atoms with van der Waals surface area (Å²) in [6.07, 6.45) is 3.18. The van der Waals surface area contributed by atoms with E-state index in [1.807, 2.05) is 20.8 Å². The third kappa shape index (κ3) is 3.33. The standard InChI is InChI=1S/C11H14Cl2O2/c1-7(2)6-15-11(3)4-8(12)10(14)9(13)5-11/h4-5,7H,6H2,1-3H3. The fourth-order valence-electron chi connectivity index (χ4n) is 1.22. The van der Waals surface area contributed by atoms with Crippen LogP contribution >= 0.6 is 23.2 Å². The van der Waals surface area contributed by atoms with Gasteiger partial charge in [0.05, 0.1) is 16.7 Å². The number of allylic oxidation sites excluding steroid dienone is 2. The van der Waals surface area contributed by atoms with Crippen molar-refractivity contribution >= 4 is 29.0 Å². The molecule has 0 saturated heterocycles. The minimum absolute atomic E-state index is 0.119. The van der Waals surface area contributed by atoms with Gasteiger partial charge in [0, 0.05) is 0 Å². The highest BCUT2D eigenvalue weighted by molar-refractivity contribution is 6.55. The van der Waals surface area contributed by atoms with E-state index in [-0.39, 0.29) is 15.8 Å². The second kappa shape index (κ2) is 4.69. The number of carbonyl (C=O) groups is 1. The van der Waals surface area contributed by atoms with Crippen molar-refractivity contribution in [1.82, 2.24) is 0 Å². The Morgan fingerprint density at radius 1 is 1.33 bits per heavy atom. The third-order valence-corrected chi connectivity index (χ3v) is 2.55. The molecule has 0 aromatic heterocycles. The van der Waals surface area contributed by atoms with Crippen LogP contribution in [0.4, 0.5) is 0 Å². The fourth-order valence-corrected chi connectivity index (χ4v) is 1.90. The van der Waals surface area contributed by atoms with Crippen LogP contribution in [0.1, 0.15) is 20.8 Å². The van der Waals surface area contributed by atoms with Crippen molar-refractivity contribution in [1.29, 1.82) is 0 Å². The molecule has 15 heavy (non-hydrogen) atoms. The molecule has 0 atom stereocenters. The van der Waals surface area contributed by atoms with Crippen LogP contribution in [-0.4, -0.2) is 18.0 Å². The van der Waals surface area contributed by atoms with Gasteiger partial charge in [0.1, 0.15) is 5.60 Å². The van der Waals surface area contributed by atoms with Crippen LogP contribution in [0.2, 0.25) is 0 Å². The van der Waals surface area contributed by atoms with Crippen LogP contribution in [0.5, 0.6) is 0 Å². The predicted molar refractivity (Wildman–Crippen MR) is 62.1 cm³/mol. The van der Waals surface area contributed by atoms with Crippen LogP contribution in [0.3, 0.4) is 0 Å². The summed E-state index contributed by atoms with van der Waals surface area (Å²) in [6.45, 7) is 6.51. The lowest BCUT2D eigenvalue weighted by Crippen LogP contribution is -2.30. The largest absolute Gasteiger partial charge is 0.367 e. The Balaban J connectivity index is 2.81. The predicted octanol–water partition coefficient (Wildman–Crippen LogP) is 3.25. The molecule has 0 aliphatic heterocycles. The van der Waals surface area contributed by atoms with E-state index in [0.29, 0.717) is 12.5 Å². The number of ether oxygens (including phenoxy) is 1. The minimum Gasteiger partial charge on any atom is -0.367 e. The first-order chi connectivity index (χ1) is 6.84. The quantitative estimate of drug-likeness (QED) is 0.767. The zero-order valence-corrected chi connectivity index (χ0v) is 10.5. The molecule has 1 aliphatic carbocycles. The van der Waals surface area contributed by atoms with Crippen LogP contribution in [0, 0.1) is 5.92 Å². The van der Waals surface area contributed by atoms with Crippen molar-refractivity contribution in [2.45, 2.75) is 26.4 Å². The maximum Gasteiger partial charge on any atom is 0.215 e. The maximum atomic E-state index is 11.3. The molecule has 0 aromatic rings. The van der Waals surface area contributed by atoms with Crippen LogP contribution in [0.25, 0.3) is 0 Å². The highest BCUT2D eigenvalue weighted by atomic mass is 35.5. The molecule has 4 heteroatoms. The number of ketones is 1. The zero-order valence-electron chi connectivity index (χ0n) is 9.01. The van der Waals surface area contributed by atoms with Gasteiger partial charge in [-0.25, -0.2) is 0 Å². The van der Waals surface area contributed by atoms with Gasteiger partial charge in [0.2, 0.25) is 5.78 Å². The lowest BCUT2D eigenvalue weighted by molar-refractivity contribution is -0.111. The summed E-state index contributed by atoms with van der Waals surface area (Å²) in [6, 6.07) is 0. The normalized spacial score (nSPS) is 20.3. The Hall–Kier alpha value is -0.310. The van der Waals surface area contributed by atoms with E-state index in [4.69, 9.17) is 27.9 Å². The second-order valence-corrected chi connectivity index (χ2v) is 5.02. The van der Waals surface area contributed by atoms with Gasteiger partial charge in [-0.2, -0.15) is 0 Å². The number of Topliss-reactive ketones (excluding diaryl/α,β-unsaturated/α-hetero) is 1. The van der Waals surface area contributed by atoms with Gasteiger partial charge in [-0.15, -0.1) is 0 Å². The van der Waals surface area contributed by atoms with Crippen molar-refractivity contribution < 1.29 is 9.53 Å². The molecule has 84 valence electrons. The van der Waals surface area contributed by atoms with Crippen LogP contribution in [-0.2, 0) is 9.53 Å². The average molecular weight is 249 g/mol. The minimum atomic E-state index is -0.674. The molecule has 0 unspecified atom stereocenters. The lowest BCUT2D eigenvalue weighted by Gasteiger charge is -2.27. The summed E-state index contributed by atoms with van der Waals surface area (Å²) >= 11 is 11.5. The van der Waals surface area contributed by atoms with Gasteiger partial charge < -0.3 is 4.74 Å². The molecule has 1 rings (SSSR count). The number of hydrogen-bond donors (Lipinski definition) is 0. The van der Waals surface area contributed by atoms with Crippen molar-refractivity contribution in [2.24, 2.45) is 5.92 Å². The van der Waals surface area contributed by atoms with Gasteiger partial charge >= 0.3 is 0 Å². The van der Waals surface area contributed by atoms with E-state index in [1.54, 1.807) is 12.2 Å². The first-order valence-electron chi connectivity index (χ1n) is 4.79. The number of halogens is 2. The van der Waals surface area contributed by atoms with Gasteiger partial charge in [0.15, 0.2) is 0 Å². The smallest absolute Gasteiger partial charge is 0.215 e. The Labute approximate surface area is 99.9 Å². The van der Waals surface area contributed by atoms with Crippen molar-refractivity contribution in [3.63, 3.8) is 0 Å². The third-order valence-electron chi connectivity index (χ3n) is 1.99. The van der Waals surface area contributed by atoms with Crippen LogP contribution < -0.4 is 0 Å². The first kappa shape index (κ1) is 12.8. The topological polar surface area (TPSA) is 26.3 Å². The maximum absolute atomic E-state index is 11.3. The summed E-state index contributed by atoms with van der Waals surface area (Å²) in [7, 11) is 0. The monoisotopic (exact) mass is 248 g/mol. The highest BCUT2D eigenvalue weighted by Crippen LogP contribution is 2.29. The van der Waals surface area contributed by atoms with Crippen LogP contribution in [0.15, 0.2) is 22.2 Å². The zero-order chi connectivity index (χ0) is 11.6. The molecule has 1 aliphatic rings. The van der Waals surface area contributed by atoms with E-state index >= 15 is 0 Å². The van der Waals surface area contributed by atoms with E-state index < -0.39 is 5.60 Å². The molecule has 0 saturated carbocycles. The van der Waals surface area contributed by atoms with Crippen molar-refractivity contribution in [3.8, 4) is 0 Å². The van der Waals surface area contributed by atoms with E-state index in [2.05, 4.69) is 0 Å². The van der Waals surface area contributed by atoms with Gasteiger partial charge in [0.25, 0.3) is 0 Å². The molecule has 0 amide bonds. The average Bonchev–Trinajstić information content (AvgIpc) is 2.11. The van der Waals surface area contributed by atoms with Crippen molar-refractivity contribution in [2.75, 3.05) is 6.61 Å². The Morgan fingerprint density at radius 3 is 2.20 bits per heavy atom. The van der Waals surface area contributed by atoms with Crippen molar-refractivity contribution in [3.05, 3.63) is 22.2 Å². The molecule has 0 spiro atoms.